The molecule has 2 bridgehead atoms. The van der Waals surface area contributed by atoms with Gasteiger partial charge in [0.15, 0.2) is 0 Å². The van der Waals surface area contributed by atoms with Gasteiger partial charge in [-0.15, -0.1) is 0 Å². The summed E-state index contributed by atoms with van der Waals surface area (Å²) in [4.78, 5) is 8.90. The van der Waals surface area contributed by atoms with Gasteiger partial charge in [-0.2, -0.15) is 13.2 Å². The smallest absolute Gasteiger partial charge is 0.475 e. The molecule has 3 aliphatic carbocycles. The molecule has 3 saturated carbocycles. The lowest BCUT2D eigenvalue weighted by molar-refractivity contribution is -0.192. The molecular formula is C11H16F3NO2. The highest BCUT2D eigenvalue weighted by molar-refractivity contribution is 5.73. The third-order valence-electron chi connectivity index (χ3n) is 4.00. The molecule has 6 heteroatoms. The Labute approximate surface area is 97.4 Å². The third kappa shape index (κ3) is 2.73. The van der Waals surface area contributed by atoms with Crippen molar-refractivity contribution >= 4 is 5.97 Å². The van der Waals surface area contributed by atoms with E-state index < -0.39 is 12.1 Å². The molecule has 0 atom stereocenters. The lowest BCUT2D eigenvalue weighted by Crippen LogP contribution is -2.56. The van der Waals surface area contributed by atoms with Gasteiger partial charge in [-0.3, -0.25) is 0 Å². The van der Waals surface area contributed by atoms with E-state index in [2.05, 4.69) is 5.32 Å². The molecule has 2 N–H and O–H groups in total. The molecule has 17 heavy (non-hydrogen) atoms. The Balaban J connectivity index is 0.000000139. The fourth-order valence-electron chi connectivity index (χ4n) is 3.01. The fraction of sp³-hybridized carbons (Fsp3) is 0.909. The Hall–Kier alpha value is -0.780. The number of rotatable bonds is 2. The Morgan fingerprint density at radius 1 is 1.29 bits per heavy atom. The van der Waals surface area contributed by atoms with Gasteiger partial charge >= 0.3 is 12.1 Å². The summed E-state index contributed by atoms with van der Waals surface area (Å²) < 4.78 is 31.7. The molecule has 4 rings (SSSR count). The second-order valence-electron chi connectivity index (χ2n) is 5.51. The van der Waals surface area contributed by atoms with Crippen molar-refractivity contribution in [1.82, 2.24) is 5.32 Å². The predicted octanol–water partition coefficient (Wildman–Crippen LogP) is 2.03. The number of carbonyl (C=O) groups is 1. The molecule has 0 aromatic rings. The van der Waals surface area contributed by atoms with Crippen molar-refractivity contribution in [2.24, 2.45) is 17.3 Å². The number of halogens is 3. The predicted molar refractivity (Wildman–Crippen MR) is 54.4 cm³/mol. The maximum absolute atomic E-state index is 10.6. The highest BCUT2D eigenvalue weighted by Gasteiger charge is 2.56. The Morgan fingerprint density at radius 3 is 1.94 bits per heavy atom. The van der Waals surface area contributed by atoms with Gasteiger partial charge in [0.25, 0.3) is 0 Å². The Bertz CT molecular complexity index is 295. The van der Waals surface area contributed by atoms with Gasteiger partial charge in [-0.25, -0.2) is 4.79 Å². The number of nitrogens with one attached hydrogen (secondary N) is 1. The van der Waals surface area contributed by atoms with E-state index in [1.165, 1.54) is 19.0 Å². The van der Waals surface area contributed by atoms with Crippen molar-refractivity contribution in [3.8, 4) is 0 Å². The first-order valence-electron chi connectivity index (χ1n) is 5.82. The quantitative estimate of drug-likeness (QED) is 0.789. The molecular weight excluding hydrogens is 235 g/mol. The van der Waals surface area contributed by atoms with Crippen LogP contribution in [0.25, 0.3) is 0 Å². The van der Waals surface area contributed by atoms with Gasteiger partial charge in [0.1, 0.15) is 0 Å². The van der Waals surface area contributed by atoms with E-state index >= 15 is 0 Å². The van der Waals surface area contributed by atoms with Gasteiger partial charge in [-0.05, 0) is 56.0 Å². The van der Waals surface area contributed by atoms with Crippen LogP contribution in [-0.2, 0) is 4.79 Å². The van der Waals surface area contributed by atoms with E-state index in [1.54, 1.807) is 25.7 Å². The summed E-state index contributed by atoms with van der Waals surface area (Å²) in [6.45, 7) is 2.62. The molecule has 0 amide bonds. The Morgan fingerprint density at radius 2 is 1.76 bits per heavy atom. The molecule has 1 saturated heterocycles. The van der Waals surface area contributed by atoms with Crippen molar-refractivity contribution in [3.63, 3.8) is 0 Å². The number of carboxylic acid groups (broad SMARTS) is 1. The minimum atomic E-state index is -5.08. The number of hydrogen-bond donors (Lipinski definition) is 2. The van der Waals surface area contributed by atoms with E-state index in [4.69, 9.17) is 9.90 Å². The van der Waals surface area contributed by atoms with Crippen LogP contribution in [0.1, 0.15) is 25.7 Å². The summed E-state index contributed by atoms with van der Waals surface area (Å²) in [5.41, 5.74) is 0.900. The van der Waals surface area contributed by atoms with Crippen LogP contribution >= 0.6 is 0 Å². The first-order chi connectivity index (χ1) is 7.81. The molecule has 0 radical (unpaired) electrons. The molecule has 1 heterocycles. The number of aliphatic carboxylic acids is 1. The summed E-state index contributed by atoms with van der Waals surface area (Å²) in [6.07, 6.45) is 1.23. The molecule has 4 aliphatic rings. The average Bonchev–Trinajstić information content (AvgIpc) is 1.94. The van der Waals surface area contributed by atoms with Crippen LogP contribution in [0.5, 0.6) is 0 Å². The lowest BCUT2D eigenvalue weighted by atomic mass is 9.42. The van der Waals surface area contributed by atoms with Crippen molar-refractivity contribution in [3.05, 3.63) is 0 Å². The lowest BCUT2D eigenvalue weighted by Gasteiger charge is -2.63. The van der Waals surface area contributed by atoms with Gasteiger partial charge in [0.2, 0.25) is 0 Å². The molecule has 4 fully saturated rings. The van der Waals surface area contributed by atoms with Gasteiger partial charge in [0.05, 0.1) is 0 Å². The van der Waals surface area contributed by atoms with Crippen LogP contribution in [0.4, 0.5) is 13.2 Å². The number of alkyl halides is 3. The maximum Gasteiger partial charge on any atom is 0.490 e. The number of carboxylic acids is 1. The van der Waals surface area contributed by atoms with Crippen LogP contribution in [-0.4, -0.2) is 30.3 Å². The maximum atomic E-state index is 10.6. The minimum absolute atomic E-state index is 0.900. The summed E-state index contributed by atoms with van der Waals surface area (Å²) in [7, 11) is 0. The zero-order valence-electron chi connectivity index (χ0n) is 9.39. The van der Waals surface area contributed by atoms with Gasteiger partial charge in [0, 0.05) is 0 Å². The van der Waals surface area contributed by atoms with E-state index in [9.17, 15) is 13.2 Å². The van der Waals surface area contributed by atoms with Crippen molar-refractivity contribution in [1.29, 1.82) is 0 Å². The first-order valence-corrected chi connectivity index (χ1v) is 5.82. The topological polar surface area (TPSA) is 49.3 Å². The average molecular weight is 251 g/mol. The standard InChI is InChI=1S/C9H15N.C2HF3O2/c1-7-2-9(1,3-7)4-8-5-10-6-8;3-2(4,5)1(6)7/h7-8,10H,1-6H2;(H,6,7). The molecule has 0 unspecified atom stereocenters. The van der Waals surface area contributed by atoms with Crippen LogP contribution in [0.2, 0.25) is 0 Å². The van der Waals surface area contributed by atoms with Crippen LogP contribution in [0.15, 0.2) is 0 Å². The summed E-state index contributed by atoms with van der Waals surface area (Å²) in [5, 5.41) is 10.5. The van der Waals surface area contributed by atoms with Gasteiger partial charge < -0.3 is 10.4 Å². The molecule has 0 aromatic heterocycles. The third-order valence-corrected chi connectivity index (χ3v) is 4.00. The molecule has 3 nitrogen and oxygen atoms in total. The largest absolute Gasteiger partial charge is 0.490 e. The zero-order valence-corrected chi connectivity index (χ0v) is 9.39. The second kappa shape index (κ2) is 4.15. The van der Waals surface area contributed by atoms with Gasteiger partial charge in [-0.1, -0.05) is 0 Å². The highest BCUT2D eigenvalue weighted by Crippen LogP contribution is 2.67. The van der Waals surface area contributed by atoms with E-state index in [-0.39, 0.29) is 0 Å². The first kappa shape index (κ1) is 12.7. The van der Waals surface area contributed by atoms with Crippen LogP contribution < -0.4 is 5.32 Å². The van der Waals surface area contributed by atoms with E-state index in [1.807, 2.05) is 0 Å². The highest BCUT2D eigenvalue weighted by atomic mass is 19.4. The summed E-state index contributed by atoms with van der Waals surface area (Å²) >= 11 is 0. The minimum Gasteiger partial charge on any atom is -0.475 e. The molecule has 0 aromatic carbocycles. The molecule has 98 valence electrons. The van der Waals surface area contributed by atoms with Crippen molar-refractivity contribution < 1.29 is 23.1 Å². The van der Waals surface area contributed by atoms with Crippen molar-refractivity contribution in [2.75, 3.05) is 13.1 Å². The van der Waals surface area contributed by atoms with Crippen LogP contribution in [0.3, 0.4) is 0 Å². The number of hydrogen-bond acceptors (Lipinski definition) is 2. The summed E-state index contributed by atoms with van der Waals surface area (Å²) in [5.74, 6) is -0.526. The second-order valence-corrected chi connectivity index (χ2v) is 5.51. The van der Waals surface area contributed by atoms with Crippen molar-refractivity contribution in [2.45, 2.75) is 31.9 Å². The van der Waals surface area contributed by atoms with E-state index in [0.717, 1.165) is 11.3 Å². The normalized spacial score (nSPS) is 34.6. The Kier molecular flexibility index (Phi) is 3.10. The monoisotopic (exact) mass is 251 g/mol. The SMILES string of the molecule is C1NCC1CC12CC(C1)C2.O=C(O)C(F)(F)F. The van der Waals surface area contributed by atoms with Crippen LogP contribution in [0, 0.1) is 17.3 Å². The summed E-state index contributed by atoms with van der Waals surface area (Å²) in [6, 6.07) is 0. The zero-order chi connectivity index (χ0) is 12.7. The molecule has 1 aliphatic heterocycles. The molecule has 0 spiro atoms. The fourth-order valence-corrected chi connectivity index (χ4v) is 3.01. The van der Waals surface area contributed by atoms with E-state index in [0.29, 0.717) is 0 Å².